The van der Waals surface area contributed by atoms with Gasteiger partial charge >= 0.3 is 12.2 Å². The van der Waals surface area contributed by atoms with Gasteiger partial charge in [-0.15, -0.1) is 0 Å². The van der Waals surface area contributed by atoms with E-state index in [4.69, 9.17) is 14.2 Å². The summed E-state index contributed by atoms with van der Waals surface area (Å²) in [4.78, 5) is 51.6. The number of alkyl carbamates (subject to hydrolysis) is 2. The van der Waals surface area contributed by atoms with Gasteiger partial charge in [0.2, 0.25) is 11.8 Å². The standard InChI is InChI=1S/C37H48N4O7/c1-37(2,3)48-36(45)41-32(27-46-25-29-17-9-5-10-18-29)34(43)40-31(33(42)38-24-22-28-15-7-4-8-16-28)21-13-14-23-39-35(44)47-26-30-19-11-6-12-20-30/h4-12,15-20,31-32H,13-14,21-27H2,1-3H3,(H,38,42)(H,39,44)(H,40,43)(H,41,45)/t31-,32-/m0/s1. The molecule has 0 aliphatic rings. The summed E-state index contributed by atoms with van der Waals surface area (Å²) in [5, 5.41) is 11.0. The van der Waals surface area contributed by atoms with E-state index in [-0.39, 0.29) is 25.7 Å². The van der Waals surface area contributed by atoms with E-state index in [1.165, 1.54) is 0 Å². The summed E-state index contributed by atoms with van der Waals surface area (Å²) in [5.74, 6) is -0.935. The molecule has 0 unspecified atom stereocenters. The van der Waals surface area contributed by atoms with Crippen LogP contribution in [0.3, 0.4) is 0 Å². The molecule has 0 bridgehead atoms. The SMILES string of the molecule is CC(C)(C)OC(=O)N[C@@H](COCc1ccccc1)C(=O)N[C@@H](CCCCNC(=O)OCc1ccccc1)C(=O)NCCc1ccccc1. The van der Waals surface area contributed by atoms with Crippen LogP contribution < -0.4 is 21.3 Å². The average Bonchev–Trinajstić information content (AvgIpc) is 3.06. The van der Waals surface area contributed by atoms with Gasteiger partial charge in [-0.2, -0.15) is 0 Å². The summed E-state index contributed by atoms with van der Waals surface area (Å²) in [5.41, 5.74) is 2.08. The molecule has 11 nitrogen and oxygen atoms in total. The van der Waals surface area contributed by atoms with Crippen molar-refractivity contribution in [1.82, 2.24) is 21.3 Å². The fourth-order valence-corrected chi connectivity index (χ4v) is 4.58. The Labute approximate surface area is 283 Å². The molecule has 0 fully saturated rings. The van der Waals surface area contributed by atoms with Crippen molar-refractivity contribution in [1.29, 1.82) is 0 Å². The molecular weight excluding hydrogens is 612 g/mol. The molecule has 0 heterocycles. The molecule has 4 amide bonds. The Morgan fingerprint density at radius 3 is 1.81 bits per heavy atom. The number of nitrogens with one attached hydrogen (secondary N) is 4. The Hall–Kier alpha value is -4.90. The first-order chi connectivity index (χ1) is 23.1. The molecule has 0 saturated carbocycles. The number of amides is 4. The Morgan fingerprint density at radius 1 is 0.625 bits per heavy atom. The van der Waals surface area contributed by atoms with Crippen LogP contribution in [0.15, 0.2) is 91.0 Å². The van der Waals surface area contributed by atoms with E-state index in [2.05, 4.69) is 21.3 Å². The Bertz CT molecular complexity index is 1400. The summed E-state index contributed by atoms with van der Waals surface area (Å²) >= 11 is 0. The van der Waals surface area contributed by atoms with Crippen molar-refractivity contribution in [2.45, 2.75) is 77.4 Å². The van der Waals surface area contributed by atoms with Crippen LogP contribution in [0.1, 0.15) is 56.7 Å². The lowest BCUT2D eigenvalue weighted by Crippen LogP contribution is -2.55. The summed E-state index contributed by atoms with van der Waals surface area (Å²) in [6, 6.07) is 26.6. The first-order valence-electron chi connectivity index (χ1n) is 16.3. The van der Waals surface area contributed by atoms with Crippen molar-refractivity contribution >= 4 is 24.0 Å². The van der Waals surface area contributed by atoms with Crippen molar-refractivity contribution in [3.8, 4) is 0 Å². The maximum Gasteiger partial charge on any atom is 0.408 e. The molecule has 3 aromatic rings. The van der Waals surface area contributed by atoms with Crippen molar-refractivity contribution in [2.75, 3.05) is 19.7 Å². The van der Waals surface area contributed by atoms with Gasteiger partial charge in [0.25, 0.3) is 0 Å². The van der Waals surface area contributed by atoms with Crippen molar-refractivity contribution < 1.29 is 33.4 Å². The number of hydrogen-bond acceptors (Lipinski definition) is 7. The van der Waals surface area contributed by atoms with Gasteiger partial charge in [-0.25, -0.2) is 9.59 Å². The molecule has 0 aromatic heterocycles. The van der Waals surface area contributed by atoms with E-state index in [1.807, 2.05) is 91.0 Å². The second-order valence-corrected chi connectivity index (χ2v) is 12.3. The smallest absolute Gasteiger partial charge is 0.408 e. The molecule has 0 spiro atoms. The van der Waals surface area contributed by atoms with Gasteiger partial charge in [0.05, 0.1) is 13.2 Å². The topological polar surface area (TPSA) is 144 Å². The summed E-state index contributed by atoms with van der Waals surface area (Å²) in [7, 11) is 0. The van der Waals surface area contributed by atoms with Crippen molar-refractivity contribution in [3.63, 3.8) is 0 Å². The van der Waals surface area contributed by atoms with Crippen LogP contribution in [0.2, 0.25) is 0 Å². The molecule has 0 saturated heterocycles. The normalized spacial score (nSPS) is 12.2. The Kier molecular flexibility index (Phi) is 15.9. The Morgan fingerprint density at radius 2 is 1.21 bits per heavy atom. The maximum absolute atomic E-state index is 13.5. The van der Waals surface area contributed by atoms with Crippen LogP contribution in [0.5, 0.6) is 0 Å². The van der Waals surface area contributed by atoms with Gasteiger partial charge in [-0.3, -0.25) is 9.59 Å². The molecule has 3 aromatic carbocycles. The number of rotatable bonds is 18. The highest BCUT2D eigenvalue weighted by molar-refractivity contribution is 5.91. The molecule has 0 aliphatic carbocycles. The number of ether oxygens (including phenoxy) is 3. The van der Waals surface area contributed by atoms with Gasteiger partial charge in [-0.1, -0.05) is 91.0 Å². The van der Waals surface area contributed by atoms with Crippen LogP contribution in [0, 0.1) is 0 Å². The number of benzene rings is 3. The van der Waals surface area contributed by atoms with E-state index in [9.17, 15) is 19.2 Å². The van der Waals surface area contributed by atoms with Crippen LogP contribution in [-0.2, 0) is 43.4 Å². The van der Waals surface area contributed by atoms with Gasteiger partial charge in [0, 0.05) is 13.1 Å². The van der Waals surface area contributed by atoms with E-state index < -0.39 is 35.8 Å². The summed E-state index contributed by atoms with van der Waals surface area (Å²) in [6.07, 6.45) is 0.676. The maximum atomic E-state index is 13.5. The molecule has 258 valence electrons. The van der Waals surface area contributed by atoms with E-state index in [0.29, 0.717) is 38.8 Å². The number of hydrogen-bond donors (Lipinski definition) is 4. The van der Waals surface area contributed by atoms with Gasteiger partial charge < -0.3 is 35.5 Å². The monoisotopic (exact) mass is 660 g/mol. The average molecular weight is 661 g/mol. The predicted octanol–water partition coefficient (Wildman–Crippen LogP) is 5.04. The summed E-state index contributed by atoms with van der Waals surface area (Å²) < 4.78 is 16.4. The number of unbranched alkanes of at least 4 members (excludes halogenated alkanes) is 1. The van der Waals surface area contributed by atoms with E-state index in [1.54, 1.807) is 20.8 Å². The molecule has 48 heavy (non-hydrogen) atoms. The van der Waals surface area contributed by atoms with Gasteiger partial charge in [0.1, 0.15) is 24.3 Å². The van der Waals surface area contributed by atoms with E-state index >= 15 is 0 Å². The van der Waals surface area contributed by atoms with Crippen LogP contribution >= 0.6 is 0 Å². The Balaban J connectivity index is 1.58. The summed E-state index contributed by atoms with van der Waals surface area (Å²) in [6.45, 7) is 6.13. The minimum Gasteiger partial charge on any atom is -0.445 e. The quantitative estimate of drug-likeness (QED) is 0.140. The molecule has 0 radical (unpaired) electrons. The molecule has 11 heteroatoms. The minimum atomic E-state index is -1.12. The highest BCUT2D eigenvalue weighted by Crippen LogP contribution is 2.09. The largest absolute Gasteiger partial charge is 0.445 e. The highest BCUT2D eigenvalue weighted by Gasteiger charge is 2.28. The van der Waals surface area contributed by atoms with Crippen molar-refractivity contribution in [2.24, 2.45) is 0 Å². The van der Waals surface area contributed by atoms with Gasteiger partial charge in [-0.05, 0) is 63.1 Å². The predicted molar refractivity (Wildman–Crippen MR) is 183 cm³/mol. The lowest BCUT2D eigenvalue weighted by Gasteiger charge is -2.25. The second-order valence-electron chi connectivity index (χ2n) is 12.3. The molecule has 3 rings (SSSR count). The van der Waals surface area contributed by atoms with Crippen molar-refractivity contribution in [3.05, 3.63) is 108 Å². The number of carbonyl (C=O) groups is 4. The first kappa shape index (κ1) is 37.6. The number of carbonyl (C=O) groups excluding carboxylic acids is 4. The molecule has 0 aliphatic heterocycles. The zero-order chi connectivity index (χ0) is 34.6. The molecule has 2 atom stereocenters. The van der Waals surface area contributed by atoms with Crippen LogP contribution in [0.25, 0.3) is 0 Å². The third kappa shape index (κ3) is 15.6. The molecule has 4 N–H and O–H groups in total. The van der Waals surface area contributed by atoms with Gasteiger partial charge in [0.15, 0.2) is 0 Å². The van der Waals surface area contributed by atoms with Crippen LogP contribution in [0.4, 0.5) is 9.59 Å². The highest BCUT2D eigenvalue weighted by atomic mass is 16.6. The molecular formula is C37H48N4O7. The fraction of sp³-hybridized carbons (Fsp3) is 0.405. The third-order valence-electron chi connectivity index (χ3n) is 6.99. The van der Waals surface area contributed by atoms with E-state index in [0.717, 1.165) is 16.7 Å². The zero-order valence-corrected chi connectivity index (χ0v) is 28.0. The fourth-order valence-electron chi connectivity index (χ4n) is 4.58. The third-order valence-corrected chi connectivity index (χ3v) is 6.99. The minimum absolute atomic E-state index is 0.142. The zero-order valence-electron chi connectivity index (χ0n) is 28.0. The lowest BCUT2D eigenvalue weighted by atomic mass is 10.1. The second kappa shape index (κ2) is 20.4. The van der Waals surface area contributed by atoms with Crippen LogP contribution in [-0.4, -0.2) is 61.4 Å². The lowest BCUT2D eigenvalue weighted by molar-refractivity contribution is -0.131. The first-order valence-corrected chi connectivity index (χ1v) is 16.3.